The number of rotatable bonds is 5. The molecule has 5 nitrogen and oxygen atoms in total. The standard InChI is InChI=1S/C16H24N2O3S/c1-4-8-22(20,21)18-7-5-6-15(18)16(19)17-14-10-12(2)9-13(3)11-14/h9-11,15H,4-8H2,1-3H3,(H,17,19). The third-order valence-electron chi connectivity index (χ3n) is 3.81. The van der Waals surface area contributed by atoms with Gasteiger partial charge in [0.15, 0.2) is 0 Å². The summed E-state index contributed by atoms with van der Waals surface area (Å²) in [7, 11) is -3.34. The van der Waals surface area contributed by atoms with Crippen molar-refractivity contribution in [1.29, 1.82) is 0 Å². The van der Waals surface area contributed by atoms with Crippen LogP contribution in [0.1, 0.15) is 37.3 Å². The van der Waals surface area contributed by atoms with E-state index in [-0.39, 0.29) is 11.7 Å². The molecule has 1 atom stereocenters. The average Bonchev–Trinajstić information content (AvgIpc) is 2.87. The normalized spacial score (nSPS) is 19.3. The third kappa shape index (κ3) is 3.87. The molecular formula is C16H24N2O3S. The topological polar surface area (TPSA) is 66.5 Å². The second-order valence-corrected chi connectivity index (χ2v) is 7.99. The highest BCUT2D eigenvalue weighted by molar-refractivity contribution is 7.89. The van der Waals surface area contributed by atoms with Gasteiger partial charge in [-0.05, 0) is 56.4 Å². The van der Waals surface area contributed by atoms with Crippen LogP contribution < -0.4 is 5.32 Å². The molecule has 0 saturated carbocycles. The smallest absolute Gasteiger partial charge is 0.242 e. The molecule has 0 aromatic heterocycles. The highest BCUT2D eigenvalue weighted by Gasteiger charge is 2.38. The molecule has 6 heteroatoms. The Bertz CT molecular complexity index is 635. The van der Waals surface area contributed by atoms with E-state index in [2.05, 4.69) is 5.32 Å². The van der Waals surface area contributed by atoms with Crippen molar-refractivity contribution >= 4 is 21.6 Å². The van der Waals surface area contributed by atoms with E-state index in [0.717, 1.165) is 23.2 Å². The minimum Gasteiger partial charge on any atom is -0.325 e. The van der Waals surface area contributed by atoms with Crippen molar-refractivity contribution in [1.82, 2.24) is 4.31 Å². The maximum Gasteiger partial charge on any atom is 0.242 e. The quantitative estimate of drug-likeness (QED) is 0.904. The lowest BCUT2D eigenvalue weighted by Crippen LogP contribution is -2.44. The molecule has 22 heavy (non-hydrogen) atoms. The summed E-state index contributed by atoms with van der Waals surface area (Å²) in [4.78, 5) is 12.5. The molecule has 0 bridgehead atoms. The van der Waals surface area contributed by atoms with E-state index in [1.807, 2.05) is 39.0 Å². The highest BCUT2D eigenvalue weighted by Crippen LogP contribution is 2.24. The van der Waals surface area contributed by atoms with Crippen molar-refractivity contribution < 1.29 is 13.2 Å². The summed E-state index contributed by atoms with van der Waals surface area (Å²) in [5.74, 6) is -0.137. The fourth-order valence-corrected chi connectivity index (χ4v) is 4.73. The monoisotopic (exact) mass is 324 g/mol. The number of carbonyl (C=O) groups excluding carboxylic acids is 1. The summed E-state index contributed by atoms with van der Waals surface area (Å²) < 4.78 is 25.9. The van der Waals surface area contributed by atoms with Gasteiger partial charge in [0, 0.05) is 12.2 Å². The van der Waals surface area contributed by atoms with Crippen LogP contribution in [-0.2, 0) is 14.8 Å². The van der Waals surface area contributed by atoms with Gasteiger partial charge in [0.1, 0.15) is 6.04 Å². The molecule has 1 unspecified atom stereocenters. The predicted octanol–water partition coefficient (Wildman–Crippen LogP) is 2.45. The first-order valence-electron chi connectivity index (χ1n) is 7.72. The van der Waals surface area contributed by atoms with E-state index in [4.69, 9.17) is 0 Å². The summed E-state index contributed by atoms with van der Waals surface area (Å²) in [6.45, 7) is 6.21. The fourth-order valence-electron chi connectivity index (χ4n) is 2.98. The Kier molecular flexibility index (Phi) is 5.24. The number of carbonyl (C=O) groups is 1. The Balaban J connectivity index is 2.14. The molecule has 1 amide bonds. The zero-order valence-corrected chi connectivity index (χ0v) is 14.2. The first-order chi connectivity index (χ1) is 10.3. The van der Waals surface area contributed by atoms with Crippen LogP contribution in [0.3, 0.4) is 0 Å². The maximum atomic E-state index is 12.5. The molecule has 1 aliphatic rings. The number of hydrogen-bond acceptors (Lipinski definition) is 3. The van der Waals surface area contributed by atoms with Crippen LogP contribution in [0.15, 0.2) is 18.2 Å². The lowest BCUT2D eigenvalue weighted by atomic mass is 10.1. The van der Waals surface area contributed by atoms with E-state index >= 15 is 0 Å². The largest absolute Gasteiger partial charge is 0.325 e. The van der Waals surface area contributed by atoms with Crippen molar-refractivity contribution in [3.63, 3.8) is 0 Å². The molecule has 0 spiro atoms. The number of hydrogen-bond donors (Lipinski definition) is 1. The van der Waals surface area contributed by atoms with Crippen molar-refractivity contribution in [2.24, 2.45) is 0 Å². The van der Waals surface area contributed by atoms with Gasteiger partial charge in [0.25, 0.3) is 0 Å². The summed E-state index contributed by atoms with van der Waals surface area (Å²) >= 11 is 0. The molecule has 122 valence electrons. The fraction of sp³-hybridized carbons (Fsp3) is 0.562. The molecule has 0 radical (unpaired) electrons. The molecule has 1 saturated heterocycles. The number of benzene rings is 1. The molecule has 1 heterocycles. The number of aryl methyl sites for hydroxylation is 2. The van der Waals surface area contributed by atoms with Gasteiger partial charge in [-0.2, -0.15) is 4.31 Å². The van der Waals surface area contributed by atoms with Gasteiger partial charge in [-0.3, -0.25) is 4.79 Å². The highest BCUT2D eigenvalue weighted by atomic mass is 32.2. The van der Waals surface area contributed by atoms with Crippen molar-refractivity contribution in [3.05, 3.63) is 29.3 Å². The summed E-state index contributed by atoms with van der Waals surface area (Å²) in [6, 6.07) is 5.23. The lowest BCUT2D eigenvalue weighted by molar-refractivity contribution is -0.119. The van der Waals surface area contributed by atoms with Crippen LogP contribution in [-0.4, -0.2) is 37.0 Å². The SMILES string of the molecule is CCCS(=O)(=O)N1CCCC1C(=O)Nc1cc(C)cc(C)c1. The van der Waals surface area contributed by atoms with E-state index in [1.165, 1.54) is 4.31 Å². The molecule has 0 aliphatic carbocycles. The molecule has 1 aliphatic heterocycles. The predicted molar refractivity (Wildman–Crippen MR) is 88.4 cm³/mol. The lowest BCUT2D eigenvalue weighted by Gasteiger charge is -2.23. The van der Waals surface area contributed by atoms with Crippen molar-refractivity contribution in [3.8, 4) is 0 Å². The number of nitrogens with zero attached hydrogens (tertiary/aromatic N) is 1. The van der Waals surface area contributed by atoms with E-state index in [9.17, 15) is 13.2 Å². The maximum absolute atomic E-state index is 12.5. The van der Waals surface area contributed by atoms with Gasteiger partial charge in [0.05, 0.1) is 5.75 Å². The van der Waals surface area contributed by atoms with E-state index in [0.29, 0.717) is 19.4 Å². The minimum atomic E-state index is -3.34. The van der Waals surface area contributed by atoms with Crippen LogP contribution in [0.2, 0.25) is 0 Å². The van der Waals surface area contributed by atoms with Gasteiger partial charge in [-0.15, -0.1) is 0 Å². The van der Waals surface area contributed by atoms with Crippen LogP contribution in [0.5, 0.6) is 0 Å². The Morgan fingerprint density at radius 3 is 2.50 bits per heavy atom. The molecule has 2 rings (SSSR count). The molecular weight excluding hydrogens is 300 g/mol. The van der Waals surface area contributed by atoms with Crippen LogP contribution in [0, 0.1) is 13.8 Å². The summed E-state index contributed by atoms with van der Waals surface area (Å²) in [5.41, 5.74) is 2.86. The van der Waals surface area contributed by atoms with Gasteiger partial charge in [-0.25, -0.2) is 8.42 Å². The Morgan fingerprint density at radius 2 is 1.91 bits per heavy atom. The Hall–Kier alpha value is -1.40. The van der Waals surface area contributed by atoms with Gasteiger partial charge in [-0.1, -0.05) is 13.0 Å². The van der Waals surface area contributed by atoms with Crippen LogP contribution in [0.4, 0.5) is 5.69 Å². The van der Waals surface area contributed by atoms with Gasteiger partial charge in [0.2, 0.25) is 15.9 Å². The van der Waals surface area contributed by atoms with Crippen molar-refractivity contribution in [2.75, 3.05) is 17.6 Å². The zero-order valence-electron chi connectivity index (χ0n) is 13.4. The zero-order chi connectivity index (χ0) is 16.3. The number of nitrogens with one attached hydrogen (secondary N) is 1. The summed E-state index contributed by atoms with van der Waals surface area (Å²) in [5, 5.41) is 2.86. The number of sulfonamides is 1. The van der Waals surface area contributed by atoms with Crippen LogP contribution in [0.25, 0.3) is 0 Å². The van der Waals surface area contributed by atoms with Gasteiger partial charge >= 0.3 is 0 Å². The molecule has 1 N–H and O–H groups in total. The first kappa shape index (κ1) is 17.0. The second kappa shape index (κ2) is 6.79. The minimum absolute atomic E-state index is 0.0976. The number of amides is 1. The molecule has 1 aromatic carbocycles. The third-order valence-corrected chi connectivity index (χ3v) is 5.89. The Labute approximate surface area is 132 Å². The molecule has 1 aromatic rings. The van der Waals surface area contributed by atoms with Crippen molar-refractivity contribution in [2.45, 2.75) is 46.1 Å². The Morgan fingerprint density at radius 1 is 1.27 bits per heavy atom. The van der Waals surface area contributed by atoms with E-state index in [1.54, 1.807) is 0 Å². The second-order valence-electron chi connectivity index (χ2n) is 5.95. The van der Waals surface area contributed by atoms with Gasteiger partial charge < -0.3 is 5.32 Å². The number of anilines is 1. The van der Waals surface area contributed by atoms with E-state index < -0.39 is 16.1 Å². The first-order valence-corrected chi connectivity index (χ1v) is 9.33. The molecule has 1 fully saturated rings. The average molecular weight is 324 g/mol. The van der Waals surface area contributed by atoms with Crippen LogP contribution >= 0.6 is 0 Å². The summed E-state index contributed by atoms with van der Waals surface area (Å²) in [6.07, 6.45) is 1.87.